The minimum atomic E-state index is -0.297. The van der Waals surface area contributed by atoms with Crippen LogP contribution in [0.3, 0.4) is 0 Å². The molecule has 1 aromatic carbocycles. The highest BCUT2D eigenvalue weighted by atomic mass is 16.5. The van der Waals surface area contributed by atoms with Crippen LogP contribution in [0.25, 0.3) is 0 Å². The predicted molar refractivity (Wildman–Crippen MR) is 110 cm³/mol. The van der Waals surface area contributed by atoms with E-state index in [4.69, 9.17) is 4.74 Å². The van der Waals surface area contributed by atoms with E-state index >= 15 is 0 Å². The van der Waals surface area contributed by atoms with Gasteiger partial charge in [-0.2, -0.15) is 0 Å². The lowest BCUT2D eigenvalue weighted by molar-refractivity contribution is 0.00864. The number of hydrogen-bond donors (Lipinski definition) is 1. The topological polar surface area (TPSA) is 54.5 Å². The van der Waals surface area contributed by atoms with Gasteiger partial charge in [-0.15, -0.1) is 0 Å². The van der Waals surface area contributed by atoms with E-state index in [0.717, 1.165) is 49.2 Å². The van der Waals surface area contributed by atoms with Crippen molar-refractivity contribution in [2.24, 2.45) is 0 Å². The predicted octanol–water partition coefficient (Wildman–Crippen LogP) is 3.63. The third-order valence-electron chi connectivity index (χ3n) is 6.28. The number of carbonyl (C=O) groups is 1. The van der Waals surface area contributed by atoms with E-state index < -0.39 is 0 Å². The standard InChI is InChI=1S/C23H29N3O2/c1-16-6-7-21-19(13-16)22(27)25-15-23(28-21)10-8-18(9-11-23)26(3)14-20-17(2)5-4-12-24-20/h4-7,12-13,18H,8-11,14-15H2,1-3H3,(H,25,27). The van der Waals surface area contributed by atoms with Crippen LogP contribution in [0.1, 0.15) is 52.9 Å². The van der Waals surface area contributed by atoms with Crippen molar-refractivity contribution in [3.63, 3.8) is 0 Å². The van der Waals surface area contributed by atoms with E-state index in [1.54, 1.807) is 0 Å². The van der Waals surface area contributed by atoms with Crippen LogP contribution in [0.2, 0.25) is 0 Å². The van der Waals surface area contributed by atoms with E-state index in [2.05, 4.69) is 35.2 Å². The highest BCUT2D eigenvalue weighted by molar-refractivity contribution is 5.97. The molecule has 2 aliphatic rings. The van der Waals surface area contributed by atoms with Crippen LogP contribution in [0.15, 0.2) is 36.5 Å². The number of fused-ring (bicyclic) bond motifs is 1. The third-order valence-corrected chi connectivity index (χ3v) is 6.28. The summed E-state index contributed by atoms with van der Waals surface area (Å²) in [6.07, 6.45) is 5.86. The lowest BCUT2D eigenvalue weighted by Gasteiger charge is -2.42. The summed E-state index contributed by atoms with van der Waals surface area (Å²) in [5.74, 6) is 0.692. The molecule has 0 saturated heterocycles. The Morgan fingerprint density at radius 3 is 2.79 bits per heavy atom. The van der Waals surface area contributed by atoms with Crippen LogP contribution in [0.5, 0.6) is 5.75 Å². The summed E-state index contributed by atoms with van der Waals surface area (Å²) in [4.78, 5) is 19.4. The molecule has 1 amide bonds. The summed E-state index contributed by atoms with van der Waals surface area (Å²) >= 11 is 0. The Morgan fingerprint density at radius 1 is 1.25 bits per heavy atom. The highest BCUT2D eigenvalue weighted by Gasteiger charge is 2.41. The molecule has 4 rings (SSSR count). The first-order valence-corrected chi connectivity index (χ1v) is 10.1. The SMILES string of the molecule is Cc1ccc2c(c1)C(=O)NCC1(CCC(N(C)Cc3ncccc3C)CC1)O2. The van der Waals surface area contributed by atoms with Gasteiger partial charge in [0.25, 0.3) is 5.91 Å². The first-order valence-electron chi connectivity index (χ1n) is 10.1. The van der Waals surface area contributed by atoms with Gasteiger partial charge in [0.05, 0.1) is 17.8 Å². The number of nitrogens with one attached hydrogen (secondary N) is 1. The zero-order valence-electron chi connectivity index (χ0n) is 17.0. The number of nitrogens with zero attached hydrogens (tertiary/aromatic N) is 2. The van der Waals surface area contributed by atoms with Crippen molar-refractivity contribution in [2.45, 2.75) is 57.7 Å². The molecule has 1 spiro atoms. The third kappa shape index (κ3) is 3.76. The fourth-order valence-corrected chi connectivity index (χ4v) is 4.41. The second-order valence-corrected chi connectivity index (χ2v) is 8.38. The largest absolute Gasteiger partial charge is 0.485 e. The molecule has 2 aromatic rings. The molecular weight excluding hydrogens is 350 g/mol. The minimum absolute atomic E-state index is 0.0274. The Bertz CT molecular complexity index is 872. The van der Waals surface area contributed by atoms with Gasteiger partial charge in [-0.1, -0.05) is 17.7 Å². The monoisotopic (exact) mass is 379 g/mol. The molecule has 148 valence electrons. The van der Waals surface area contributed by atoms with Crippen molar-refractivity contribution in [3.8, 4) is 5.75 Å². The number of rotatable bonds is 3. The number of aryl methyl sites for hydroxylation is 2. The molecule has 1 aliphatic heterocycles. The number of amides is 1. The zero-order chi connectivity index (χ0) is 19.7. The van der Waals surface area contributed by atoms with Crippen LogP contribution < -0.4 is 10.1 Å². The summed E-state index contributed by atoms with van der Waals surface area (Å²) in [5.41, 5.74) is 3.82. The Labute approximate surface area is 167 Å². The summed E-state index contributed by atoms with van der Waals surface area (Å²) in [5, 5.41) is 3.09. The van der Waals surface area contributed by atoms with Gasteiger partial charge in [0, 0.05) is 18.8 Å². The maximum atomic E-state index is 12.5. The number of benzene rings is 1. The average molecular weight is 380 g/mol. The molecule has 1 aromatic heterocycles. The van der Waals surface area contributed by atoms with Crippen LogP contribution >= 0.6 is 0 Å². The summed E-state index contributed by atoms with van der Waals surface area (Å²) in [6.45, 7) is 5.56. The second-order valence-electron chi connectivity index (χ2n) is 8.38. The van der Waals surface area contributed by atoms with E-state index in [-0.39, 0.29) is 11.5 Å². The van der Waals surface area contributed by atoms with Crippen LogP contribution in [0, 0.1) is 13.8 Å². The van der Waals surface area contributed by atoms with Gasteiger partial charge in [0.2, 0.25) is 0 Å². The number of ether oxygens (including phenoxy) is 1. The molecule has 0 radical (unpaired) electrons. The molecule has 1 N–H and O–H groups in total. The quantitative estimate of drug-likeness (QED) is 0.885. The zero-order valence-corrected chi connectivity index (χ0v) is 17.0. The lowest BCUT2D eigenvalue weighted by atomic mass is 9.81. The molecule has 0 atom stereocenters. The molecule has 28 heavy (non-hydrogen) atoms. The van der Waals surface area contributed by atoms with Crippen LogP contribution in [-0.2, 0) is 6.54 Å². The fourth-order valence-electron chi connectivity index (χ4n) is 4.41. The Balaban J connectivity index is 1.44. The van der Waals surface area contributed by atoms with Gasteiger partial charge >= 0.3 is 0 Å². The van der Waals surface area contributed by atoms with Gasteiger partial charge in [-0.25, -0.2) is 0 Å². The summed E-state index contributed by atoms with van der Waals surface area (Å²) in [7, 11) is 2.19. The first-order chi connectivity index (χ1) is 13.5. The maximum Gasteiger partial charge on any atom is 0.255 e. The average Bonchev–Trinajstić information content (AvgIpc) is 2.82. The smallest absolute Gasteiger partial charge is 0.255 e. The summed E-state index contributed by atoms with van der Waals surface area (Å²) < 4.78 is 6.46. The van der Waals surface area contributed by atoms with Crippen molar-refractivity contribution in [1.82, 2.24) is 15.2 Å². The fraction of sp³-hybridized carbons (Fsp3) is 0.478. The molecule has 0 bridgehead atoms. The van der Waals surface area contributed by atoms with Crippen molar-refractivity contribution in [2.75, 3.05) is 13.6 Å². The van der Waals surface area contributed by atoms with E-state index in [0.29, 0.717) is 18.2 Å². The van der Waals surface area contributed by atoms with Gasteiger partial charge in [-0.05, 0) is 70.3 Å². The van der Waals surface area contributed by atoms with Crippen molar-refractivity contribution < 1.29 is 9.53 Å². The molecule has 1 saturated carbocycles. The molecule has 0 unspecified atom stereocenters. The van der Waals surface area contributed by atoms with Gasteiger partial charge < -0.3 is 10.1 Å². The second kappa shape index (κ2) is 7.55. The van der Waals surface area contributed by atoms with Crippen molar-refractivity contribution in [3.05, 3.63) is 58.9 Å². The van der Waals surface area contributed by atoms with Gasteiger partial charge in [-0.3, -0.25) is 14.7 Å². The molecule has 2 heterocycles. The molecule has 1 aliphatic carbocycles. The Morgan fingerprint density at radius 2 is 2.04 bits per heavy atom. The maximum absolute atomic E-state index is 12.5. The van der Waals surface area contributed by atoms with E-state index in [9.17, 15) is 4.79 Å². The van der Waals surface area contributed by atoms with E-state index in [1.165, 1.54) is 5.56 Å². The Hall–Kier alpha value is -2.40. The molecule has 5 nitrogen and oxygen atoms in total. The first kappa shape index (κ1) is 18.9. The Kier molecular flexibility index (Phi) is 5.11. The van der Waals surface area contributed by atoms with Crippen LogP contribution in [-0.4, -0.2) is 41.0 Å². The van der Waals surface area contributed by atoms with Crippen molar-refractivity contribution >= 4 is 5.91 Å². The highest BCUT2D eigenvalue weighted by Crippen LogP contribution is 2.37. The molecular formula is C23H29N3O2. The lowest BCUT2D eigenvalue weighted by Crippen LogP contribution is -2.50. The van der Waals surface area contributed by atoms with Gasteiger partial charge in [0.1, 0.15) is 11.4 Å². The number of hydrogen-bond acceptors (Lipinski definition) is 4. The number of pyridine rings is 1. The number of carbonyl (C=O) groups excluding carboxylic acids is 1. The van der Waals surface area contributed by atoms with Gasteiger partial charge in [0.15, 0.2) is 0 Å². The minimum Gasteiger partial charge on any atom is -0.485 e. The molecule has 1 fully saturated rings. The normalized spacial score (nSPS) is 24.4. The molecule has 5 heteroatoms. The van der Waals surface area contributed by atoms with E-state index in [1.807, 2.05) is 37.4 Å². The number of aromatic nitrogens is 1. The summed E-state index contributed by atoms with van der Waals surface area (Å²) in [6, 6.07) is 10.5. The van der Waals surface area contributed by atoms with Crippen molar-refractivity contribution in [1.29, 1.82) is 0 Å². The van der Waals surface area contributed by atoms with Crippen LogP contribution in [0.4, 0.5) is 0 Å².